The maximum Gasteiger partial charge on any atom is 0.319 e. The highest BCUT2D eigenvalue weighted by atomic mass is 32.2. The fourth-order valence-electron chi connectivity index (χ4n) is 3.48. The molecule has 0 fully saturated rings. The summed E-state index contributed by atoms with van der Waals surface area (Å²) < 4.78 is 9.94. The first-order valence-electron chi connectivity index (χ1n) is 9.96. The molecule has 0 spiro atoms. The summed E-state index contributed by atoms with van der Waals surface area (Å²) in [5.41, 5.74) is 0.362. The number of nitriles is 1. The van der Waals surface area contributed by atoms with Crippen molar-refractivity contribution in [2.75, 3.05) is 12.9 Å². The molecule has 1 amide bonds. The third-order valence-electron chi connectivity index (χ3n) is 5.03. The standard InChI is InChI=1S/C23H19N3O7S/c1-32-23(29)20-19(15-9-5-6-10-17(15)26(30)31)16(11-24)22(25-21(20)28)34-13-18(27)33-12-14-7-3-2-4-8-14/h2-10,19-20H,12-13H2,1H3,(H,25,28)/t19-,20+/m1/s1. The normalized spacial score (nSPS) is 17.4. The minimum Gasteiger partial charge on any atom is -0.468 e. The number of hydrogen-bond acceptors (Lipinski definition) is 9. The van der Waals surface area contributed by atoms with E-state index in [2.05, 4.69) is 5.32 Å². The molecule has 1 heterocycles. The Labute approximate surface area is 198 Å². The third-order valence-corrected chi connectivity index (χ3v) is 6.02. The molecule has 2 atom stereocenters. The van der Waals surface area contributed by atoms with Crippen LogP contribution in [0.1, 0.15) is 17.0 Å². The molecule has 11 heteroatoms. The number of benzene rings is 2. The van der Waals surface area contributed by atoms with E-state index in [0.717, 1.165) is 24.4 Å². The van der Waals surface area contributed by atoms with E-state index >= 15 is 0 Å². The Hall–Kier alpha value is -4.17. The average molecular weight is 481 g/mol. The van der Waals surface area contributed by atoms with Gasteiger partial charge in [-0.05, 0) is 5.56 Å². The number of nitro groups is 1. The molecule has 10 nitrogen and oxygen atoms in total. The van der Waals surface area contributed by atoms with Crippen LogP contribution in [0.4, 0.5) is 5.69 Å². The van der Waals surface area contributed by atoms with Crippen molar-refractivity contribution < 1.29 is 28.8 Å². The summed E-state index contributed by atoms with van der Waals surface area (Å²) in [6.07, 6.45) is 0. The first-order valence-corrected chi connectivity index (χ1v) is 10.9. The molecule has 0 aromatic heterocycles. The van der Waals surface area contributed by atoms with Gasteiger partial charge in [-0.1, -0.05) is 60.3 Å². The van der Waals surface area contributed by atoms with Crippen LogP contribution >= 0.6 is 11.8 Å². The molecule has 0 unspecified atom stereocenters. The van der Waals surface area contributed by atoms with Crippen LogP contribution in [0.15, 0.2) is 65.2 Å². The van der Waals surface area contributed by atoms with Crippen molar-refractivity contribution in [2.45, 2.75) is 12.5 Å². The van der Waals surface area contributed by atoms with Crippen molar-refractivity contribution in [3.63, 3.8) is 0 Å². The number of esters is 2. The fourth-order valence-corrected chi connectivity index (χ4v) is 4.33. The Kier molecular flexibility index (Phi) is 8.00. The van der Waals surface area contributed by atoms with Crippen molar-refractivity contribution in [1.29, 1.82) is 5.26 Å². The maximum atomic E-state index is 12.8. The number of allylic oxidation sites excluding steroid dienone is 1. The lowest BCUT2D eigenvalue weighted by molar-refractivity contribution is -0.385. The highest BCUT2D eigenvalue weighted by Crippen LogP contribution is 2.43. The second-order valence-electron chi connectivity index (χ2n) is 7.07. The first kappa shape index (κ1) is 24.5. The van der Waals surface area contributed by atoms with Crippen LogP contribution in [-0.4, -0.2) is 35.6 Å². The van der Waals surface area contributed by atoms with Gasteiger partial charge in [0.15, 0.2) is 0 Å². The van der Waals surface area contributed by atoms with E-state index in [4.69, 9.17) is 9.47 Å². The number of para-hydroxylation sites is 1. The summed E-state index contributed by atoms with van der Waals surface area (Å²) in [6.45, 7) is 0.0556. The monoisotopic (exact) mass is 481 g/mol. The Morgan fingerprint density at radius 3 is 2.50 bits per heavy atom. The Morgan fingerprint density at radius 2 is 1.85 bits per heavy atom. The van der Waals surface area contributed by atoms with E-state index < -0.39 is 34.6 Å². The van der Waals surface area contributed by atoms with Gasteiger partial charge in [-0.2, -0.15) is 5.26 Å². The van der Waals surface area contributed by atoms with Crippen LogP contribution in [0.5, 0.6) is 0 Å². The minimum absolute atomic E-state index is 0.0130. The zero-order valence-electron chi connectivity index (χ0n) is 17.9. The highest BCUT2D eigenvalue weighted by Gasteiger charge is 2.46. The summed E-state index contributed by atoms with van der Waals surface area (Å²) in [5.74, 6) is -5.36. The smallest absolute Gasteiger partial charge is 0.319 e. The van der Waals surface area contributed by atoms with Gasteiger partial charge >= 0.3 is 11.9 Å². The van der Waals surface area contributed by atoms with Crippen LogP contribution in [0, 0.1) is 27.4 Å². The molecule has 3 rings (SSSR count). The van der Waals surface area contributed by atoms with E-state index in [-0.39, 0.29) is 34.2 Å². The van der Waals surface area contributed by atoms with Gasteiger partial charge in [0.25, 0.3) is 5.69 Å². The molecule has 0 bridgehead atoms. The predicted molar refractivity (Wildman–Crippen MR) is 121 cm³/mol. The van der Waals surface area contributed by atoms with Crippen LogP contribution in [0.3, 0.4) is 0 Å². The number of hydrogen-bond donors (Lipinski definition) is 1. The van der Waals surface area contributed by atoms with Crippen LogP contribution in [0.25, 0.3) is 0 Å². The molecule has 2 aromatic rings. The molecular weight excluding hydrogens is 462 g/mol. The second kappa shape index (κ2) is 11.1. The minimum atomic E-state index is -1.52. The number of amides is 1. The summed E-state index contributed by atoms with van der Waals surface area (Å²) in [6, 6.07) is 16.5. The molecule has 1 aliphatic rings. The Balaban J connectivity index is 1.91. The third kappa shape index (κ3) is 5.41. The van der Waals surface area contributed by atoms with E-state index in [9.17, 15) is 29.8 Å². The topological polar surface area (TPSA) is 149 Å². The van der Waals surface area contributed by atoms with E-state index in [1.54, 1.807) is 24.3 Å². The largest absolute Gasteiger partial charge is 0.468 e. The number of methoxy groups -OCH3 is 1. The second-order valence-corrected chi connectivity index (χ2v) is 8.06. The van der Waals surface area contributed by atoms with Crippen LogP contribution in [0.2, 0.25) is 0 Å². The number of carbonyl (C=O) groups is 3. The van der Waals surface area contributed by atoms with Crippen LogP contribution < -0.4 is 5.32 Å². The average Bonchev–Trinajstić information content (AvgIpc) is 2.85. The number of thioether (sulfide) groups is 1. The quantitative estimate of drug-likeness (QED) is 0.260. The fraction of sp³-hybridized carbons (Fsp3) is 0.217. The number of nitrogens with one attached hydrogen (secondary N) is 1. The number of ether oxygens (including phenoxy) is 2. The lowest BCUT2D eigenvalue weighted by Crippen LogP contribution is -2.44. The predicted octanol–water partition coefficient (Wildman–Crippen LogP) is 2.81. The van der Waals surface area contributed by atoms with Gasteiger partial charge < -0.3 is 14.8 Å². The molecule has 1 aliphatic heterocycles. The SMILES string of the molecule is COC(=O)[C@@H]1C(=O)NC(SCC(=O)OCc2ccccc2)=C(C#N)[C@H]1c1ccccc1[N+](=O)[O-]. The lowest BCUT2D eigenvalue weighted by Gasteiger charge is -2.30. The van der Waals surface area contributed by atoms with E-state index in [1.165, 1.54) is 24.3 Å². The zero-order valence-corrected chi connectivity index (χ0v) is 18.7. The van der Waals surface area contributed by atoms with Gasteiger partial charge in [-0.15, -0.1) is 0 Å². The molecular formula is C23H19N3O7S. The summed E-state index contributed by atoms with van der Waals surface area (Å²) in [7, 11) is 1.08. The summed E-state index contributed by atoms with van der Waals surface area (Å²) >= 11 is 0.840. The molecule has 0 saturated heterocycles. The first-order chi connectivity index (χ1) is 16.4. The van der Waals surface area contributed by atoms with E-state index in [0.29, 0.717) is 0 Å². The molecule has 174 valence electrons. The van der Waals surface area contributed by atoms with Crippen molar-refractivity contribution in [3.8, 4) is 6.07 Å². The van der Waals surface area contributed by atoms with Gasteiger partial charge in [0.2, 0.25) is 5.91 Å². The summed E-state index contributed by atoms with van der Waals surface area (Å²) in [4.78, 5) is 48.4. The van der Waals surface area contributed by atoms with Crippen molar-refractivity contribution in [3.05, 3.63) is 86.4 Å². The molecule has 34 heavy (non-hydrogen) atoms. The Morgan fingerprint density at radius 1 is 1.18 bits per heavy atom. The molecule has 0 saturated carbocycles. The molecule has 0 radical (unpaired) electrons. The highest BCUT2D eigenvalue weighted by molar-refractivity contribution is 8.03. The van der Waals surface area contributed by atoms with Gasteiger partial charge in [0.05, 0.1) is 40.4 Å². The van der Waals surface area contributed by atoms with Crippen LogP contribution in [-0.2, 0) is 30.5 Å². The summed E-state index contributed by atoms with van der Waals surface area (Å²) in [5, 5.41) is 24.0. The van der Waals surface area contributed by atoms with Gasteiger partial charge in [0.1, 0.15) is 12.5 Å². The van der Waals surface area contributed by atoms with Gasteiger partial charge in [-0.25, -0.2) is 0 Å². The van der Waals surface area contributed by atoms with Gasteiger partial charge in [-0.3, -0.25) is 24.5 Å². The molecule has 1 N–H and O–H groups in total. The van der Waals surface area contributed by atoms with Crippen molar-refractivity contribution in [1.82, 2.24) is 5.32 Å². The van der Waals surface area contributed by atoms with Crippen molar-refractivity contribution >= 4 is 35.3 Å². The van der Waals surface area contributed by atoms with Crippen molar-refractivity contribution in [2.24, 2.45) is 5.92 Å². The van der Waals surface area contributed by atoms with Gasteiger partial charge in [0, 0.05) is 11.6 Å². The maximum absolute atomic E-state index is 12.8. The lowest BCUT2D eigenvalue weighted by atomic mass is 9.78. The number of nitrogens with zero attached hydrogens (tertiary/aromatic N) is 2. The number of nitro benzene ring substituents is 1. The van der Waals surface area contributed by atoms with E-state index in [1.807, 2.05) is 12.1 Å². The molecule has 0 aliphatic carbocycles. The zero-order chi connectivity index (χ0) is 24.7. The Bertz CT molecular complexity index is 1190. The number of rotatable bonds is 8. The molecule has 2 aromatic carbocycles. The number of carbonyl (C=O) groups excluding carboxylic acids is 3.